The zero-order valence-electron chi connectivity index (χ0n) is 12.6. The Kier molecular flexibility index (Phi) is 5.04. The van der Waals surface area contributed by atoms with E-state index in [9.17, 15) is 5.11 Å². The molecular formula is C18H28O. The van der Waals surface area contributed by atoms with Crippen LogP contribution in [-0.4, -0.2) is 11.2 Å². The van der Waals surface area contributed by atoms with Crippen molar-refractivity contribution in [3.05, 3.63) is 35.4 Å². The van der Waals surface area contributed by atoms with E-state index < -0.39 is 0 Å². The molecule has 1 fully saturated rings. The number of benzene rings is 1. The van der Waals surface area contributed by atoms with Crippen LogP contribution in [0.3, 0.4) is 0 Å². The molecule has 1 saturated carbocycles. The van der Waals surface area contributed by atoms with Crippen LogP contribution >= 0.6 is 0 Å². The predicted molar refractivity (Wildman–Crippen MR) is 81.4 cm³/mol. The molecule has 19 heavy (non-hydrogen) atoms. The summed E-state index contributed by atoms with van der Waals surface area (Å²) in [5, 5.41) is 10.4. The van der Waals surface area contributed by atoms with E-state index in [0.29, 0.717) is 11.8 Å². The summed E-state index contributed by atoms with van der Waals surface area (Å²) in [5.41, 5.74) is 2.65. The van der Waals surface area contributed by atoms with E-state index in [2.05, 4.69) is 45.0 Å². The van der Waals surface area contributed by atoms with Crippen LogP contribution in [0.15, 0.2) is 24.3 Å². The average Bonchev–Trinajstić information content (AvgIpc) is 2.88. The number of aliphatic hydroxyl groups excluding tert-OH is 1. The fourth-order valence-electron chi connectivity index (χ4n) is 3.28. The summed E-state index contributed by atoms with van der Waals surface area (Å²) in [6, 6.07) is 8.78. The molecule has 1 heteroatoms. The third-order valence-electron chi connectivity index (χ3n) is 4.79. The topological polar surface area (TPSA) is 20.2 Å². The molecule has 106 valence electrons. The van der Waals surface area contributed by atoms with Crippen molar-refractivity contribution in [1.82, 2.24) is 0 Å². The smallest absolute Gasteiger partial charge is 0.0608 e. The van der Waals surface area contributed by atoms with Gasteiger partial charge in [-0.25, -0.2) is 0 Å². The van der Waals surface area contributed by atoms with Gasteiger partial charge in [0.15, 0.2) is 0 Å². The molecule has 3 atom stereocenters. The fraction of sp³-hybridized carbons (Fsp3) is 0.667. The van der Waals surface area contributed by atoms with Gasteiger partial charge in [0.25, 0.3) is 0 Å². The van der Waals surface area contributed by atoms with Crippen LogP contribution in [0.2, 0.25) is 0 Å². The van der Waals surface area contributed by atoms with E-state index in [4.69, 9.17) is 0 Å². The number of rotatable bonds is 5. The first-order valence-electron chi connectivity index (χ1n) is 7.87. The van der Waals surface area contributed by atoms with Crippen molar-refractivity contribution in [2.24, 2.45) is 11.8 Å². The maximum Gasteiger partial charge on any atom is 0.0608 e. The van der Waals surface area contributed by atoms with Gasteiger partial charge in [-0.2, -0.15) is 0 Å². The lowest BCUT2D eigenvalue weighted by Gasteiger charge is -2.18. The second kappa shape index (κ2) is 6.56. The highest BCUT2D eigenvalue weighted by molar-refractivity contribution is 5.25. The molecule has 0 amide bonds. The Bertz CT molecular complexity index is 379. The van der Waals surface area contributed by atoms with Gasteiger partial charge in [0.05, 0.1) is 6.10 Å². The molecule has 1 aromatic carbocycles. The molecule has 1 nitrogen and oxygen atoms in total. The Morgan fingerprint density at radius 2 is 1.84 bits per heavy atom. The van der Waals surface area contributed by atoms with E-state index in [1.807, 2.05) is 0 Å². The van der Waals surface area contributed by atoms with Gasteiger partial charge in [0, 0.05) is 0 Å². The Labute approximate surface area is 118 Å². The molecule has 1 aromatic rings. The van der Waals surface area contributed by atoms with E-state index >= 15 is 0 Å². The van der Waals surface area contributed by atoms with Crippen molar-refractivity contribution < 1.29 is 5.11 Å². The maximum absolute atomic E-state index is 10.4. The van der Waals surface area contributed by atoms with E-state index in [1.165, 1.54) is 36.8 Å². The highest BCUT2D eigenvalue weighted by Crippen LogP contribution is 2.35. The summed E-state index contributed by atoms with van der Waals surface area (Å²) in [4.78, 5) is 0. The predicted octanol–water partition coefficient (Wildman–Crippen LogP) is 4.54. The quantitative estimate of drug-likeness (QED) is 0.824. The summed E-state index contributed by atoms with van der Waals surface area (Å²) in [6.07, 6.45) is 5.68. The molecule has 1 aliphatic rings. The highest BCUT2D eigenvalue weighted by Gasteiger charge is 2.28. The molecule has 0 bridgehead atoms. The Morgan fingerprint density at radius 3 is 2.37 bits per heavy atom. The van der Waals surface area contributed by atoms with Gasteiger partial charge in [-0.1, -0.05) is 57.9 Å². The second-order valence-electron chi connectivity index (χ2n) is 6.52. The monoisotopic (exact) mass is 260 g/mol. The number of aliphatic hydroxyl groups is 1. The van der Waals surface area contributed by atoms with Crippen molar-refractivity contribution >= 4 is 0 Å². The fourth-order valence-corrected chi connectivity index (χ4v) is 3.28. The molecule has 2 rings (SSSR count). The standard InChI is InChI=1S/C18H28O/c1-4-14-5-10-17(11-14)18(19)12-15-6-8-16(9-7-15)13(2)3/h6-9,13-14,17-19H,4-5,10-12H2,1-3H3. The number of hydrogen-bond acceptors (Lipinski definition) is 1. The van der Waals surface area contributed by atoms with Crippen molar-refractivity contribution in [3.63, 3.8) is 0 Å². The van der Waals surface area contributed by atoms with Gasteiger partial charge in [-0.3, -0.25) is 0 Å². The van der Waals surface area contributed by atoms with Gasteiger partial charge < -0.3 is 5.11 Å². The summed E-state index contributed by atoms with van der Waals surface area (Å²) in [6.45, 7) is 6.70. The molecule has 0 heterocycles. The minimum absolute atomic E-state index is 0.151. The Hall–Kier alpha value is -0.820. The van der Waals surface area contributed by atoms with Crippen molar-refractivity contribution in [2.75, 3.05) is 0 Å². The van der Waals surface area contributed by atoms with Crippen molar-refractivity contribution in [2.45, 2.75) is 64.9 Å². The molecule has 0 aliphatic heterocycles. The van der Waals surface area contributed by atoms with Crippen LogP contribution in [0.25, 0.3) is 0 Å². The zero-order valence-corrected chi connectivity index (χ0v) is 12.6. The molecule has 1 aliphatic carbocycles. The van der Waals surface area contributed by atoms with E-state index in [0.717, 1.165) is 12.3 Å². The van der Waals surface area contributed by atoms with Crippen molar-refractivity contribution in [1.29, 1.82) is 0 Å². The van der Waals surface area contributed by atoms with Crippen LogP contribution in [-0.2, 0) is 6.42 Å². The van der Waals surface area contributed by atoms with Crippen LogP contribution in [0, 0.1) is 11.8 Å². The SMILES string of the molecule is CCC1CCC(C(O)Cc2ccc(C(C)C)cc2)C1. The largest absolute Gasteiger partial charge is 0.392 e. The van der Waals surface area contributed by atoms with Gasteiger partial charge in [-0.05, 0) is 48.1 Å². The maximum atomic E-state index is 10.4. The van der Waals surface area contributed by atoms with Gasteiger partial charge in [-0.15, -0.1) is 0 Å². The molecule has 3 unspecified atom stereocenters. The summed E-state index contributed by atoms with van der Waals surface area (Å²) in [7, 11) is 0. The van der Waals surface area contributed by atoms with Crippen LogP contribution < -0.4 is 0 Å². The highest BCUT2D eigenvalue weighted by atomic mass is 16.3. The van der Waals surface area contributed by atoms with Gasteiger partial charge in [0.2, 0.25) is 0 Å². The summed E-state index contributed by atoms with van der Waals surface area (Å²) in [5.74, 6) is 1.96. The Morgan fingerprint density at radius 1 is 1.16 bits per heavy atom. The lowest BCUT2D eigenvalue weighted by molar-refractivity contribution is 0.108. The van der Waals surface area contributed by atoms with Gasteiger partial charge >= 0.3 is 0 Å². The van der Waals surface area contributed by atoms with Crippen LogP contribution in [0.4, 0.5) is 0 Å². The Balaban J connectivity index is 1.90. The normalized spacial score (nSPS) is 24.9. The number of hydrogen-bond donors (Lipinski definition) is 1. The minimum atomic E-state index is -0.151. The molecule has 0 saturated heterocycles. The van der Waals surface area contributed by atoms with Crippen molar-refractivity contribution in [3.8, 4) is 0 Å². The zero-order chi connectivity index (χ0) is 13.8. The summed E-state index contributed by atoms with van der Waals surface area (Å²) < 4.78 is 0. The van der Waals surface area contributed by atoms with Crippen LogP contribution in [0.5, 0.6) is 0 Å². The molecule has 0 spiro atoms. The molecule has 1 N–H and O–H groups in total. The first-order valence-corrected chi connectivity index (χ1v) is 7.87. The first-order chi connectivity index (χ1) is 9.10. The second-order valence-corrected chi connectivity index (χ2v) is 6.52. The lowest BCUT2D eigenvalue weighted by atomic mass is 9.92. The van der Waals surface area contributed by atoms with E-state index in [1.54, 1.807) is 0 Å². The van der Waals surface area contributed by atoms with E-state index in [-0.39, 0.29) is 6.10 Å². The van der Waals surface area contributed by atoms with Gasteiger partial charge in [0.1, 0.15) is 0 Å². The molecule has 0 aromatic heterocycles. The average molecular weight is 260 g/mol. The first kappa shape index (κ1) is 14.6. The third-order valence-corrected chi connectivity index (χ3v) is 4.79. The molecular weight excluding hydrogens is 232 g/mol. The minimum Gasteiger partial charge on any atom is -0.392 e. The summed E-state index contributed by atoms with van der Waals surface area (Å²) >= 11 is 0. The van der Waals surface area contributed by atoms with Crippen LogP contribution in [0.1, 0.15) is 63.5 Å². The lowest BCUT2D eigenvalue weighted by Crippen LogP contribution is -2.20. The third kappa shape index (κ3) is 3.82. The molecule has 0 radical (unpaired) electrons.